The maximum Gasteiger partial charge on any atom is 0.387 e. The predicted molar refractivity (Wildman–Crippen MR) is 82.6 cm³/mol. The van der Waals surface area contributed by atoms with Crippen molar-refractivity contribution in [2.75, 3.05) is 14.2 Å². The number of nitrogens with zero attached hydrogens (tertiary/aromatic N) is 1. The van der Waals surface area contributed by atoms with Crippen LogP contribution in [0.5, 0.6) is 11.5 Å². The molecule has 23 heavy (non-hydrogen) atoms. The second kappa shape index (κ2) is 7.94. The summed E-state index contributed by atoms with van der Waals surface area (Å²) in [5, 5.41) is 0. The van der Waals surface area contributed by atoms with Gasteiger partial charge in [0.1, 0.15) is 0 Å². The summed E-state index contributed by atoms with van der Waals surface area (Å²) in [6.07, 6.45) is 6.70. The zero-order valence-corrected chi connectivity index (χ0v) is 13.3. The molecule has 1 aliphatic rings. The fourth-order valence-corrected chi connectivity index (χ4v) is 2.69. The molecule has 2 rings (SSSR count). The molecule has 0 saturated carbocycles. The van der Waals surface area contributed by atoms with Crippen LogP contribution in [0.25, 0.3) is 0 Å². The van der Waals surface area contributed by atoms with Crippen molar-refractivity contribution in [1.29, 1.82) is 0 Å². The highest BCUT2D eigenvalue weighted by Crippen LogP contribution is 2.30. The van der Waals surface area contributed by atoms with E-state index in [0.29, 0.717) is 6.54 Å². The minimum atomic E-state index is -2.90. The standard InChI is InChI=1S/C17H21F2NO3/c1-20(16(21)13-6-4-3-5-7-13)11-12-8-9-14(23-17(18)19)15(10-12)22-2/h3-4,8-10,13,17H,5-7,11H2,1-2H3/t13-/m0/s1. The lowest BCUT2D eigenvalue weighted by Gasteiger charge is -2.24. The topological polar surface area (TPSA) is 38.8 Å². The summed E-state index contributed by atoms with van der Waals surface area (Å²) in [6, 6.07) is 4.70. The Morgan fingerprint density at radius 1 is 1.35 bits per heavy atom. The lowest BCUT2D eigenvalue weighted by Crippen LogP contribution is -2.32. The van der Waals surface area contributed by atoms with E-state index in [4.69, 9.17) is 4.74 Å². The van der Waals surface area contributed by atoms with Gasteiger partial charge in [0, 0.05) is 19.5 Å². The molecule has 0 radical (unpaired) electrons. The lowest BCUT2D eigenvalue weighted by atomic mass is 9.93. The van der Waals surface area contributed by atoms with Gasteiger partial charge in [0.05, 0.1) is 7.11 Å². The monoisotopic (exact) mass is 325 g/mol. The first-order chi connectivity index (χ1) is 11.0. The normalized spacial score (nSPS) is 17.2. The summed E-state index contributed by atoms with van der Waals surface area (Å²) in [6.45, 7) is -2.51. The molecule has 0 fully saturated rings. The third kappa shape index (κ3) is 4.68. The van der Waals surface area contributed by atoms with Crippen LogP contribution >= 0.6 is 0 Å². The quantitative estimate of drug-likeness (QED) is 0.750. The van der Waals surface area contributed by atoms with E-state index >= 15 is 0 Å². The van der Waals surface area contributed by atoms with Crippen LogP contribution in [0.4, 0.5) is 8.78 Å². The number of methoxy groups -OCH3 is 1. The Morgan fingerprint density at radius 2 is 2.13 bits per heavy atom. The fourth-order valence-electron chi connectivity index (χ4n) is 2.69. The summed E-state index contributed by atoms with van der Waals surface area (Å²) < 4.78 is 34.1. The van der Waals surface area contributed by atoms with Crippen LogP contribution in [0.3, 0.4) is 0 Å². The largest absolute Gasteiger partial charge is 0.493 e. The molecule has 1 aromatic carbocycles. The van der Waals surface area contributed by atoms with Gasteiger partial charge >= 0.3 is 6.61 Å². The Morgan fingerprint density at radius 3 is 2.74 bits per heavy atom. The summed E-state index contributed by atoms with van der Waals surface area (Å²) >= 11 is 0. The van der Waals surface area contributed by atoms with Crippen molar-refractivity contribution in [3.8, 4) is 11.5 Å². The molecule has 1 aromatic rings. The predicted octanol–water partition coefficient (Wildman–Crippen LogP) is 3.61. The number of hydrogen-bond donors (Lipinski definition) is 0. The first-order valence-corrected chi connectivity index (χ1v) is 7.53. The molecule has 1 aliphatic carbocycles. The van der Waals surface area contributed by atoms with Crippen molar-refractivity contribution in [2.24, 2.45) is 5.92 Å². The Bertz CT molecular complexity index is 575. The number of rotatable bonds is 6. The van der Waals surface area contributed by atoms with Crippen LogP contribution in [-0.2, 0) is 11.3 Å². The van der Waals surface area contributed by atoms with E-state index in [2.05, 4.69) is 10.8 Å². The van der Waals surface area contributed by atoms with E-state index in [-0.39, 0.29) is 23.3 Å². The van der Waals surface area contributed by atoms with Gasteiger partial charge in [-0.05, 0) is 37.0 Å². The van der Waals surface area contributed by atoms with Crippen LogP contribution in [0.15, 0.2) is 30.4 Å². The number of ether oxygens (including phenoxy) is 2. The fraction of sp³-hybridized carbons (Fsp3) is 0.471. The smallest absolute Gasteiger partial charge is 0.387 e. The van der Waals surface area contributed by atoms with Gasteiger partial charge in [-0.2, -0.15) is 8.78 Å². The van der Waals surface area contributed by atoms with Crippen molar-refractivity contribution in [3.63, 3.8) is 0 Å². The molecule has 0 aliphatic heterocycles. The summed E-state index contributed by atoms with van der Waals surface area (Å²) in [5.74, 6) is 0.330. The number of benzene rings is 1. The van der Waals surface area contributed by atoms with Crippen LogP contribution in [0.1, 0.15) is 24.8 Å². The van der Waals surface area contributed by atoms with Crippen LogP contribution in [0.2, 0.25) is 0 Å². The third-order valence-corrected chi connectivity index (χ3v) is 3.86. The van der Waals surface area contributed by atoms with Gasteiger partial charge in [-0.15, -0.1) is 0 Å². The lowest BCUT2D eigenvalue weighted by molar-refractivity contribution is -0.135. The number of amides is 1. The van der Waals surface area contributed by atoms with Crippen LogP contribution in [0, 0.1) is 5.92 Å². The van der Waals surface area contributed by atoms with Gasteiger partial charge < -0.3 is 14.4 Å². The van der Waals surface area contributed by atoms with Gasteiger partial charge in [-0.25, -0.2) is 0 Å². The Hall–Kier alpha value is -2.11. The number of halogens is 2. The molecule has 0 N–H and O–H groups in total. The summed E-state index contributed by atoms with van der Waals surface area (Å²) in [5.41, 5.74) is 0.797. The molecule has 126 valence electrons. The molecule has 0 aromatic heterocycles. The zero-order chi connectivity index (χ0) is 16.8. The number of allylic oxidation sites excluding steroid dienone is 2. The van der Waals surface area contributed by atoms with Gasteiger partial charge in [-0.1, -0.05) is 18.2 Å². The molecule has 0 bridgehead atoms. The number of carbonyl (C=O) groups is 1. The SMILES string of the molecule is COc1cc(CN(C)C(=O)[C@H]2CC=CCC2)ccc1OC(F)F. The highest BCUT2D eigenvalue weighted by molar-refractivity contribution is 5.79. The Balaban J connectivity index is 2.04. The Labute approximate surface area is 134 Å². The molecule has 1 amide bonds. The van der Waals surface area contributed by atoms with Crippen molar-refractivity contribution in [2.45, 2.75) is 32.4 Å². The maximum absolute atomic E-state index is 12.4. The molecule has 0 saturated heterocycles. The number of alkyl halides is 2. The van der Waals surface area contributed by atoms with Crippen molar-refractivity contribution in [1.82, 2.24) is 4.90 Å². The molecule has 1 atom stereocenters. The maximum atomic E-state index is 12.4. The van der Waals surface area contributed by atoms with Gasteiger partial charge in [0.2, 0.25) is 5.91 Å². The first-order valence-electron chi connectivity index (χ1n) is 7.53. The number of hydrogen-bond acceptors (Lipinski definition) is 3. The molecule has 0 unspecified atom stereocenters. The van der Waals surface area contributed by atoms with E-state index in [1.807, 2.05) is 6.08 Å². The summed E-state index contributed by atoms with van der Waals surface area (Å²) in [4.78, 5) is 14.1. The minimum absolute atomic E-state index is 0.0161. The van der Waals surface area contributed by atoms with Crippen molar-refractivity contribution >= 4 is 5.91 Å². The van der Waals surface area contributed by atoms with E-state index in [0.717, 1.165) is 24.8 Å². The van der Waals surface area contributed by atoms with Gasteiger partial charge in [-0.3, -0.25) is 4.79 Å². The molecular formula is C17H21F2NO3. The van der Waals surface area contributed by atoms with Crippen LogP contribution in [-0.4, -0.2) is 31.6 Å². The second-order valence-corrected chi connectivity index (χ2v) is 5.54. The third-order valence-electron chi connectivity index (χ3n) is 3.86. The average Bonchev–Trinajstić information content (AvgIpc) is 2.55. The van der Waals surface area contributed by atoms with Gasteiger partial charge in [0.15, 0.2) is 11.5 Å². The van der Waals surface area contributed by atoms with E-state index in [1.165, 1.54) is 13.2 Å². The second-order valence-electron chi connectivity index (χ2n) is 5.54. The highest BCUT2D eigenvalue weighted by atomic mass is 19.3. The molecular weight excluding hydrogens is 304 g/mol. The van der Waals surface area contributed by atoms with E-state index < -0.39 is 6.61 Å². The molecule has 6 heteroatoms. The molecule has 0 heterocycles. The van der Waals surface area contributed by atoms with Gasteiger partial charge in [0.25, 0.3) is 0 Å². The Kier molecular flexibility index (Phi) is 5.96. The first kappa shape index (κ1) is 17.2. The highest BCUT2D eigenvalue weighted by Gasteiger charge is 2.22. The zero-order valence-electron chi connectivity index (χ0n) is 13.3. The van der Waals surface area contributed by atoms with Crippen LogP contribution < -0.4 is 9.47 Å². The molecule has 4 nitrogen and oxygen atoms in total. The van der Waals surface area contributed by atoms with E-state index in [9.17, 15) is 13.6 Å². The summed E-state index contributed by atoms with van der Waals surface area (Å²) in [7, 11) is 3.14. The number of carbonyl (C=O) groups excluding carboxylic acids is 1. The average molecular weight is 325 g/mol. The van der Waals surface area contributed by atoms with Crippen molar-refractivity contribution < 1.29 is 23.0 Å². The minimum Gasteiger partial charge on any atom is -0.493 e. The van der Waals surface area contributed by atoms with E-state index in [1.54, 1.807) is 24.1 Å². The van der Waals surface area contributed by atoms with Crippen molar-refractivity contribution in [3.05, 3.63) is 35.9 Å². The molecule has 0 spiro atoms.